The van der Waals surface area contributed by atoms with Gasteiger partial charge in [-0.3, -0.25) is 9.59 Å². The number of carbonyl (C=O) groups is 2. The first-order chi connectivity index (χ1) is 11.0. The van der Waals surface area contributed by atoms with Gasteiger partial charge in [0.2, 0.25) is 0 Å². The van der Waals surface area contributed by atoms with Crippen molar-refractivity contribution in [1.29, 1.82) is 0 Å². The molecular weight excluding hydrogens is 296 g/mol. The van der Waals surface area contributed by atoms with E-state index in [9.17, 15) is 9.59 Å². The number of rotatable bonds is 4. The van der Waals surface area contributed by atoms with Gasteiger partial charge < -0.3 is 19.6 Å². The van der Waals surface area contributed by atoms with Crippen molar-refractivity contribution in [2.24, 2.45) is 5.92 Å². The second kappa shape index (κ2) is 6.58. The molecule has 1 atom stereocenters. The molecule has 0 radical (unpaired) electrons. The van der Waals surface area contributed by atoms with Crippen LogP contribution in [0, 0.1) is 5.92 Å². The van der Waals surface area contributed by atoms with Crippen LogP contribution in [0.3, 0.4) is 0 Å². The number of likely N-dealkylation sites (N-methyl/N-ethyl adjacent to an activating group) is 1. The van der Waals surface area contributed by atoms with Gasteiger partial charge in [-0.15, -0.1) is 0 Å². The maximum Gasteiger partial charge on any atom is 0.307 e. The summed E-state index contributed by atoms with van der Waals surface area (Å²) in [7, 11) is 1.76. The van der Waals surface area contributed by atoms with Gasteiger partial charge in [0.05, 0.1) is 11.6 Å². The first-order valence-electron chi connectivity index (χ1n) is 8.02. The Labute approximate surface area is 135 Å². The van der Waals surface area contributed by atoms with Crippen molar-refractivity contribution in [1.82, 2.24) is 4.90 Å². The van der Waals surface area contributed by atoms with E-state index in [-0.39, 0.29) is 18.4 Å². The number of carbonyl (C=O) groups excluding carboxylic acids is 1. The van der Waals surface area contributed by atoms with Crippen LogP contribution in [0.1, 0.15) is 18.4 Å². The van der Waals surface area contributed by atoms with Crippen molar-refractivity contribution in [2.75, 3.05) is 38.2 Å². The van der Waals surface area contributed by atoms with E-state index in [4.69, 9.17) is 9.84 Å². The Hall–Kier alpha value is -2.08. The van der Waals surface area contributed by atoms with Gasteiger partial charge >= 0.3 is 5.97 Å². The number of hydrogen-bond donors (Lipinski definition) is 1. The van der Waals surface area contributed by atoms with Crippen LogP contribution >= 0.6 is 0 Å². The average molecular weight is 318 g/mol. The Morgan fingerprint density at radius 1 is 1.43 bits per heavy atom. The molecule has 2 aliphatic heterocycles. The fourth-order valence-electron chi connectivity index (χ4n) is 3.22. The van der Waals surface area contributed by atoms with E-state index in [0.29, 0.717) is 6.54 Å². The molecule has 1 saturated heterocycles. The maximum atomic E-state index is 11.7. The molecular formula is C17H22N2O4. The highest BCUT2D eigenvalue weighted by atomic mass is 16.5. The zero-order chi connectivity index (χ0) is 16.4. The highest BCUT2D eigenvalue weighted by molar-refractivity contribution is 5.97. The molecule has 1 unspecified atom stereocenters. The van der Waals surface area contributed by atoms with Gasteiger partial charge in [0.1, 0.15) is 5.75 Å². The number of likely N-dealkylation sites (tertiary alicyclic amines) is 1. The van der Waals surface area contributed by atoms with Crippen LogP contribution in [0.25, 0.3) is 0 Å². The Morgan fingerprint density at radius 2 is 2.26 bits per heavy atom. The molecule has 124 valence electrons. The van der Waals surface area contributed by atoms with Gasteiger partial charge in [-0.2, -0.15) is 0 Å². The lowest BCUT2D eigenvalue weighted by atomic mass is 9.98. The molecule has 6 heteroatoms. The number of amides is 1. The molecule has 2 heterocycles. The molecule has 1 amide bonds. The highest BCUT2D eigenvalue weighted by Crippen LogP contribution is 2.32. The predicted octanol–water partition coefficient (Wildman–Crippen LogP) is 1.38. The second-order valence-electron chi connectivity index (χ2n) is 6.27. The number of carboxylic acids is 1. The Balaban J connectivity index is 1.63. The number of piperidine rings is 1. The van der Waals surface area contributed by atoms with E-state index in [1.54, 1.807) is 11.9 Å². The highest BCUT2D eigenvalue weighted by Gasteiger charge is 2.25. The number of carboxylic acid groups (broad SMARTS) is 1. The Kier molecular flexibility index (Phi) is 4.52. The van der Waals surface area contributed by atoms with Crippen molar-refractivity contribution < 1.29 is 19.4 Å². The van der Waals surface area contributed by atoms with Gasteiger partial charge in [0.25, 0.3) is 5.91 Å². The topological polar surface area (TPSA) is 70.1 Å². The van der Waals surface area contributed by atoms with Crippen molar-refractivity contribution in [2.45, 2.75) is 19.3 Å². The summed E-state index contributed by atoms with van der Waals surface area (Å²) in [6.07, 6.45) is 2.54. The molecule has 0 aromatic heterocycles. The summed E-state index contributed by atoms with van der Waals surface area (Å²) in [5.74, 6) is -0.250. The Morgan fingerprint density at radius 3 is 3.04 bits per heavy atom. The number of ether oxygens (including phenoxy) is 1. The number of fused-ring (bicyclic) bond motifs is 1. The van der Waals surface area contributed by atoms with Crippen LogP contribution in [-0.2, 0) is 16.0 Å². The molecule has 1 aromatic rings. The van der Waals surface area contributed by atoms with Crippen LogP contribution in [-0.4, -0.2) is 55.2 Å². The van der Waals surface area contributed by atoms with Crippen LogP contribution in [0.5, 0.6) is 5.75 Å². The summed E-state index contributed by atoms with van der Waals surface area (Å²) >= 11 is 0. The third kappa shape index (κ3) is 3.47. The van der Waals surface area contributed by atoms with E-state index >= 15 is 0 Å². The quantitative estimate of drug-likeness (QED) is 0.908. The average Bonchev–Trinajstić information content (AvgIpc) is 2.57. The van der Waals surface area contributed by atoms with Crippen LogP contribution in [0.2, 0.25) is 0 Å². The first kappa shape index (κ1) is 15.8. The smallest absolute Gasteiger partial charge is 0.307 e. The molecule has 2 aliphatic rings. The third-order valence-corrected chi connectivity index (χ3v) is 4.68. The van der Waals surface area contributed by atoms with Crippen LogP contribution < -0.4 is 9.64 Å². The number of anilines is 1. The summed E-state index contributed by atoms with van der Waals surface area (Å²) in [5, 5.41) is 9.15. The van der Waals surface area contributed by atoms with Gasteiger partial charge in [-0.25, -0.2) is 0 Å². The van der Waals surface area contributed by atoms with Crippen LogP contribution in [0.15, 0.2) is 18.2 Å². The monoisotopic (exact) mass is 318 g/mol. The lowest BCUT2D eigenvalue weighted by Crippen LogP contribution is -2.39. The minimum atomic E-state index is -0.694. The van der Waals surface area contributed by atoms with Gasteiger partial charge in [0, 0.05) is 20.1 Å². The molecule has 0 aliphatic carbocycles. The Bertz CT molecular complexity index is 617. The summed E-state index contributed by atoms with van der Waals surface area (Å²) < 4.78 is 5.43. The minimum absolute atomic E-state index is 0.0463. The number of benzene rings is 1. The zero-order valence-corrected chi connectivity index (χ0v) is 13.3. The lowest BCUT2D eigenvalue weighted by molar-refractivity contribution is -0.143. The molecule has 1 N–H and O–H groups in total. The van der Waals surface area contributed by atoms with Gasteiger partial charge in [-0.05, 0) is 43.5 Å². The number of nitrogens with zero attached hydrogens (tertiary/aromatic N) is 2. The van der Waals surface area contributed by atoms with Gasteiger partial charge in [0.15, 0.2) is 6.61 Å². The fourth-order valence-corrected chi connectivity index (χ4v) is 3.22. The maximum absolute atomic E-state index is 11.7. The predicted molar refractivity (Wildman–Crippen MR) is 85.9 cm³/mol. The number of aliphatic carboxylic acids is 1. The van der Waals surface area contributed by atoms with Crippen molar-refractivity contribution >= 4 is 17.6 Å². The molecule has 0 bridgehead atoms. The summed E-state index contributed by atoms with van der Waals surface area (Å²) in [5.41, 5.74) is 1.94. The summed E-state index contributed by atoms with van der Waals surface area (Å²) in [4.78, 5) is 26.7. The lowest BCUT2D eigenvalue weighted by Gasteiger charge is -2.31. The molecule has 0 spiro atoms. The summed E-state index contributed by atoms with van der Waals surface area (Å²) in [6.45, 7) is 2.51. The second-order valence-corrected chi connectivity index (χ2v) is 6.27. The molecule has 1 aromatic carbocycles. The standard InChI is InChI=1S/C17H22N2O4/c1-18-14-9-12(4-5-15(14)23-11-16(18)20)6-8-19-7-2-3-13(10-19)17(21)22/h4-5,9,13H,2-3,6-8,10-11H2,1H3,(H,21,22). The van der Waals surface area contributed by atoms with Crippen molar-refractivity contribution in [3.8, 4) is 5.75 Å². The fraction of sp³-hybridized carbons (Fsp3) is 0.529. The molecule has 6 nitrogen and oxygen atoms in total. The van der Waals surface area contributed by atoms with E-state index in [0.717, 1.165) is 49.4 Å². The molecule has 1 fully saturated rings. The molecule has 0 saturated carbocycles. The van der Waals surface area contributed by atoms with Crippen LogP contribution in [0.4, 0.5) is 5.69 Å². The van der Waals surface area contributed by atoms with E-state index in [1.807, 2.05) is 18.2 Å². The van der Waals surface area contributed by atoms with E-state index in [2.05, 4.69) is 4.90 Å². The van der Waals surface area contributed by atoms with Gasteiger partial charge in [-0.1, -0.05) is 6.07 Å². The molecule has 3 rings (SSSR count). The van der Waals surface area contributed by atoms with Crippen molar-refractivity contribution in [3.63, 3.8) is 0 Å². The van der Waals surface area contributed by atoms with Crippen molar-refractivity contribution in [3.05, 3.63) is 23.8 Å². The van der Waals surface area contributed by atoms with E-state index < -0.39 is 5.97 Å². The van der Waals surface area contributed by atoms with E-state index in [1.165, 1.54) is 0 Å². The summed E-state index contributed by atoms with van der Waals surface area (Å²) in [6, 6.07) is 5.91. The first-order valence-corrected chi connectivity index (χ1v) is 8.02. The minimum Gasteiger partial charge on any atom is -0.482 e. The SMILES string of the molecule is CN1C(=O)COc2ccc(CCN3CCCC(C(=O)O)C3)cc21. The normalized spacial score (nSPS) is 21.7. The molecule has 23 heavy (non-hydrogen) atoms. The number of hydrogen-bond acceptors (Lipinski definition) is 4. The largest absolute Gasteiger partial charge is 0.482 e. The zero-order valence-electron chi connectivity index (χ0n) is 13.3. The third-order valence-electron chi connectivity index (χ3n) is 4.68.